The number of carbonyl (C=O) groups is 3. The minimum Gasteiger partial charge on any atom is -0.356 e. The van der Waals surface area contributed by atoms with E-state index in [1.165, 1.54) is 27.9 Å². The Bertz CT molecular complexity index is 978. The maximum absolute atomic E-state index is 13.0. The Morgan fingerprint density at radius 1 is 0.875 bits per heavy atom. The van der Waals surface area contributed by atoms with Crippen molar-refractivity contribution in [2.75, 3.05) is 13.1 Å². The van der Waals surface area contributed by atoms with E-state index < -0.39 is 6.04 Å². The maximum Gasteiger partial charge on any atom is 0.242 e. The van der Waals surface area contributed by atoms with Gasteiger partial charge in [0.15, 0.2) is 0 Å². The molecule has 0 unspecified atom stereocenters. The van der Waals surface area contributed by atoms with Crippen LogP contribution in [0.25, 0.3) is 0 Å². The number of amides is 3. The van der Waals surface area contributed by atoms with Gasteiger partial charge in [-0.15, -0.1) is 0 Å². The molecule has 0 heterocycles. The smallest absolute Gasteiger partial charge is 0.242 e. The zero-order chi connectivity index (χ0) is 29.5. The number of rotatable bonds is 18. The van der Waals surface area contributed by atoms with E-state index in [4.69, 9.17) is 0 Å². The SMILES string of the molecule is CCCCC[C@H](NC(=O)CCC1(C)C(C)=C(C)C(C)=C1C)C(=O)NCCCCCC(=O)NCCC1=CC=CCC1. The molecule has 0 aliphatic heterocycles. The summed E-state index contributed by atoms with van der Waals surface area (Å²) in [6, 6.07) is -0.493. The Morgan fingerprint density at radius 2 is 1.60 bits per heavy atom. The quantitative estimate of drug-likeness (QED) is 0.160. The molecule has 0 saturated heterocycles. The minimum atomic E-state index is -0.493. The van der Waals surface area contributed by atoms with Gasteiger partial charge < -0.3 is 16.0 Å². The van der Waals surface area contributed by atoms with Crippen molar-refractivity contribution in [3.63, 3.8) is 0 Å². The molecule has 3 N–H and O–H groups in total. The summed E-state index contributed by atoms with van der Waals surface area (Å²) >= 11 is 0. The van der Waals surface area contributed by atoms with Crippen LogP contribution in [-0.4, -0.2) is 36.9 Å². The summed E-state index contributed by atoms with van der Waals surface area (Å²) < 4.78 is 0. The van der Waals surface area contributed by atoms with E-state index in [0.717, 1.165) is 64.2 Å². The molecule has 6 nitrogen and oxygen atoms in total. The zero-order valence-corrected chi connectivity index (χ0v) is 26.1. The topological polar surface area (TPSA) is 87.3 Å². The summed E-state index contributed by atoms with van der Waals surface area (Å²) in [4.78, 5) is 38.0. The van der Waals surface area contributed by atoms with Gasteiger partial charge in [0.2, 0.25) is 17.7 Å². The van der Waals surface area contributed by atoms with E-state index >= 15 is 0 Å². The highest BCUT2D eigenvalue weighted by atomic mass is 16.2. The van der Waals surface area contributed by atoms with Crippen LogP contribution in [0.5, 0.6) is 0 Å². The monoisotopic (exact) mass is 553 g/mol. The molecule has 0 aromatic rings. The van der Waals surface area contributed by atoms with Crippen molar-refractivity contribution in [1.82, 2.24) is 16.0 Å². The fourth-order valence-electron chi connectivity index (χ4n) is 5.78. The summed E-state index contributed by atoms with van der Waals surface area (Å²) in [6.07, 6.45) is 17.4. The molecule has 0 spiro atoms. The standard InChI is InChI=1S/C34H55N3O3/c1-7-8-11-18-30(37-32(39)20-22-34(6)27(4)25(2)26(3)28(34)5)33(40)36-23-15-10-14-19-31(38)35-24-21-29-16-12-9-13-17-29/h9,12,16,30H,7-8,10-11,13-15,17-24H2,1-6H3,(H,35,38)(H,36,40)(H,37,39)/t30-/m0/s1. The second kappa shape index (κ2) is 17.2. The molecule has 0 bridgehead atoms. The fraction of sp³-hybridized carbons (Fsp3) is 0.676. The van der Waals surface area contributed by atoms with Gasteiger partial charge in [-0.25, -0.2) is 0 Å². The summed E-state index contributed by atoms with van der Waals surface area (Å²) in [5, 5.41) is 9.08. The lowest BCUT2D eigenvalue weighted by atomic mass is 9.75. The third kappa shape index (κ3) is 10.4. The van der Waals surface area contributed by atoms with Gasteiger partial charge in [-0.05, 0) is 83.8 Å². The van der Waals surface area contributed by atoms with Crippen LogP contribution in [0, 0.1) is 5.41 Å². The van der Waals surface area contributed by atoms with Crippen molar-refractivity contribution in [1.29, 1.82) is 0 Å². The van der Waals surface area contributed by atoms with Crippen LogP contribution in [0.1, 0.15) is 125 Å². The van der Waals surface area contributed by atoms with Crippen LogP contribution in [0.4, 0.5) is 0 Å². The number of hydrogen-bond donors (Lipinski definition) is 3. The number of carbonyl (C=O) groups excluding carboxylic acids is 3. The second-order valence-corrected chi connectivity index (χ2v) is 11.9. The van der Waals surface area contributed by atoms with Crippen molar-refractivity contribution < 1.29 is 14.4 Å². The van der Waals surface area contributed by atoms with Crippen molar-refractivity contribution in [3.8, 4) is 0 Å². The first kappa shape index (κ1) is 33.6. The van der Waals surface area contributed by atoms with Gasteiger partial charge in [0.25, 0.3) is 0 Å². The van der Waals surface area contributed by atoms with E-state index in [1.807, 2.05) is 0 Å². The molecule has 6 heteroatoms. The Morgan fingerprint density at radius 3 is 2.25 bits per heavy atom. The Balaban J connectivity index is 1.69. The van der Waals surface area contributed by atoms with Gasteiger partial charge in [-0.1, -0.05) is 74.5 Å². The third-order valence-corrected chi connectivity index (χ3v) is 9.19. The molecule has 3 amide bonds. The van der Waals surface area contributed by atoms with Crippen LogP contribution < -0.4 is 16.0 Å². The molecular formula is C34H55N3O3. The molecule has 2 aliphatic rings. The first-order valence-electron chi connectivity index (χ1n) is 15.6. The molecule has 0 saturated carbocycles. The van der Waals surface area contributed by atoms with Gasteiger partial charge in [0, 0.05) is 31.3 Å². The second-order valence-electron chi connectivity index (χ2n) is 11.9. The highest BCUT2D eigenvalue weighted by molar-refractivity contribution is 5.87. The van der Waals surface area contributed by atoms with Gasteiger partial charge >= 0.3 is 0 Å². The molecule has 0 aromatic heterocycles. The highest BCUT2D eigenvalue weighted by Crippen LogP contribution is 2.49. The molecule has 0 fully saturated rings. The van der Waals surface area contributed by atoms with Crippen molar-refractivity contribution >= 4 is 17.7 Å². The van der Waals surface area contributed by atoms with E-state index in [2.05, 4.69) is 75.7 Å². The van der Waals surface area contributed by atoms with E-state index in [-0.39, 0.29) is 23.1 Å². The molecule has 40 heavy (non-hydrogen) atoms. The minimum absolute atomic E-state index is 0.0528. The van der Waals surface area contributed by atoms with E-state index in [0.29, 0.717) is 32.4 Å². The van der Waals surface area contributed by atoms with Crippen molar-refractivity contribution in [3.05, 3.63) is 46.1 Å². The summed E-state index contributed by atoms with van der Waals surface area (Å²) in [6.45, 7) is 14.3. The Labute approximate surface area is 243 Å². The molecule has 2 aliphatic carbocycles. The van der Waals surface area contributed by atoms with Crippen LogP contribution in [0.2, 0.25) is 0 Å². The lowest BCUT2D eigenvalue weighted by molar-refractivity contribution is -0.129. The molecule has 224 valence electrons. The third-order valence-electron chi connectivity index (χ3n) is 9.19. The zero-order valence-electron chi connectivity index (χ0n) is 26.1. The molecular weight excluding hydrogens is 498 g/mol. The molecule has 2 rings (SSSR count). The predicted octanol–water partition coefficient (Wildman–Crippen LogP) is 6.98. The van der Waals surface area contributed by atoms with Gasteiger partial charge in [-0.3, -0.25) is 14.4 Å². The summed E-state index contributed by atoms with van der Waals surface area (Å²) in [5.41, 5.74) is 6.67. The molecule has 1 atom stereocenters. The summed E-state index contributed by atoms with van der Waals surface area (Å²) in [7, 11) is 0. The largest absolute Gasteiger partial charge is 0.356 e. The lowest BCUT2D eigenvalue weighted by Crippen LogP contribution is -2.47. The van der Waals surface area contributed by atoms with Crippen molar-refractivity contribution in [2.45, 2.75) is 131 Å². The summed E-state index contributed by atoms with van der Waals surface area (Å²) in [5.74, 6) is -0.0502. The highest BCUT2D eigenvalue weighted by Gasteiger charge is 2.36. The maximum atomic E-state index is 13.0. The predicted molar refractivity (Wildman–Crippen MR) is 166 cm³/mol. The normalized spacial score (nSPS) is 17.1. The number of allylic oxidation sites excluding steroid dienone is 7. The van der Waals surface area contributed by atoms with E-state index in [9.17, 15) is 14.4 Å². The lowest BCUT2D eigenvalue weighted by Gasteiger charge is -2.29. The van der Waals surface area contributed by atoms with E-state index in [1.54, 1.807) is 0 Å². The average molecular weight is 554 g/mol. The van der Waals surface area contributed by atoms with Gasteiger partial charge in [0.1, 0.15) is 6.04 Å². The van der Waals surface area contributed by atoms with Gasteiger partial charge in [0.05, 0.1) is 0 Å². The van der Waals surface area contributed by atoms with Crippen molar-refractivity contribution in [2.24, 2.45) is 5.41 Å². The first-order valence-corrected chi connectivity index (χ1v) is 15.6. The Kier molecular flexibility index (Phi) is 14.5. The molecule has 0 radical (unpaired) electrons. The number of nitrogens with one attached hydrogen (secondary N) is 3. The fourth-order valence-corrected chi connectivity index (χ4v) is 5.78. The number of unbranched alkanes of at least 4 members (excludes halogenated alkanes) is 4. The van der Waals surface area contributed by atoms with Gasteiger partial charge in [-0.2, -0.15) is 0 Å². The Hall–Kier alpha value is -2.63. The molecule has 0 aromatic carbocycles. The first-order chi connectivity index (χ1) is 19.1. The van der Waals surface area contributed by atoms with Crippen LogP contribution in [-0.2, 0) is 14.4 Å². The number of hydrogen-bond acceptors (Lipinski definition) is 3. The van der Waals surface area contributed by atoms with Crippen LogP contribution in [0.3, 0.4) is 0 Å². The van der Waals surface area contributed by atoms with Crippen LogP contribution in [0.15, 0.2) is 46.1 Å². The van der Waals surface area contributed by atoms with Crippen LogP contribution >= 0.6 is 0 Å². The average Bonchev–Trinajstić information content (AvgIpc) is 3.09.